The van der Waals surface area contributed by atoms with E-state index >= 15 is 0 Å². The van der Waals surface area contributed by atoms with Gasteiger partial charge in [0.25, 0.3) is 0 Å². The summed E-state index contributed by atoms with van der Waals surface area (Å²) in [5, 5.41) is 9.97. The smallest absolute Gasteiger partial charge is 0.341 e. The Morgan fingerprint density at radius 1 is 1.08 bits per heavy atom. The lowest BCUT2D eigenvalue weighted by Gasteiger charge is -2.44. The largest absolute Gasteiger partial charge is 0.489 e. The zero-order valence-corrected chi connectivity index (χ0v) is 22.9. The predicted octanol–water partition coefficient (Wildman–Crippen LogP) is 7.84. The van der Waals surface area contributed by atoms with Gasteiger partial charge in [-0.25, -0.2) is 4.79 Å². The van der Waals surface area contributed by atoms with E-state index in [9.17, 15) is 9.90 Å². The van der Waals surface area contributed by atoms with Gasteiger partial charge in [-0.1, -0.05) is 80.1 Å². The third-order valence-corrected chi connectivity index (χ3v) is 7.30. The Balaban J connectivity index is 1.69. The molecule has 4 atom stereocenters. The van der Waals surface area contributed by atoms with Crippen LogP contribution < -0.4 is 9.47 Å². The molecule has 0 aromatic heterocycles. The summed E-state index contributed by atoms with van der Waals surface area (Å²) in [6, 6.07) is 23.4. The highest BCUT2D eigenvalue weighted by Crippen LogP contribution is 2.50. The monoisotopic (exact) mass is 534 g/mol. The van der Waals surface area contributed by atoms with Gasteiger partial charge < -0.3 is 19.3 Å². The summed E-state index contributed by atoms with van der Waals surface area (Å²) >= 11 is 6.17. The number of carbonyl (C=O) groups is 1. The fourth-order valence-corrected chi connectivity index (χ4v) is 5.27. The van der Waals surface area contributed by atoms with Crippen molar-refractivity contribution < 1.29 is 24.1 Å². The van der Waals surface area contributed by atoms with E-state index in [-0.39, 0.29) is 30.0 Å². The van der Waals surface area contributed by atoms with Crippen LogP contribution in [0.4, 0.5) is 0 Å². The number of ether oxygens (including phenoxy) is 3. The molecule has 0 spiro atoms. The van der Waals surface area contributed by atoms with Gasteiger partial charge in [0.15, 0.2) is 6.61 Å². The molecule has 38 heavy (non-hydrogen) atoms. The van der Waals surface area contributed by atoms with Crippen LogP contribution in [0, 0.1) is 11.8 Å². The van der Waals surface area contributed by atoms with Gasteiger partial charge in [0.2, 0.25) is 0 Å². The van der Waals surface area contributed by atoms with Crippen LogP contribution in [0.5, 0.6) is 11.5 Å². The number of carboxylic acids is 1. The molecule has 0 aliphatic carbocycles. The van der Waals surface area contributed by atoms with Gasteiger partial charge in [-0.2, -0.15) is 0 Å². The van der Waals surface area contributed by atoms with E-state index in [1.54, 1.807) is 12.1 Å². The molecule has 0 bridgehead atoms. The quantitative estimate of drug-likeness (QED) is 0.268. The van der Waals surface area contributed by atoms with Crippen LogP contribution in [0.15, 0.2) is 84.9 Å². The summed E-state index contributed by atoms with van der Waals surface area (Å²) in [5.41, 5.74) is 4.00. The van der Waals surface area contributed by atoms with Gasteiger partial charge in [0.1, 0.15) is 18.1 Å². The van der Waals surface area contributed by atoms with E-state index in [0.717, 1.165) is 23.1 Å². The second-order valence-corrected chi connectivity index (χ2v) is 10.7. The molecule has 1 fully saturated rings. The second-order valence-electron chi connectivity index (χ2n) is 10.3. The molecule has 3 aromatic rings. The Kier molecular flexibility index (Phi) is 9.13. The Hall–Kier alpha value is -3.28. The summed E-state index contributed by atoms with van der Waals surface area (Å²) in [4.78, 5) is 11.3. The minimum absolute atomic E-state index is 0.0118. The van der Waals surface area contributed by atoms with Crippen LogP contribution in [0.25, 0.3) is 0 Å². The van der Waals surface area contributed by atoms with Gasteiger partial charge in [0, 0.05) is 22.4 Å². The molecule has 6 heteroatoms. The number of aliphatic carboxylic acids is 1. The first-order chi connectivity index (χ1) is 18.2. The summed E-state index contributed by atoms with van der Waals surface area (Å²) < 4.78 is 18.7. The van der Waals surface area contributed by atoms with Crippen molar-refractivity contribution in [1.82, 2.24) is 0 Å². The van der Waals surface area contributed by atoms with Gasteiger partial charge >= 0.3 is 5.97 Å². The minimum atomic E-state index is -1.04. The number of carboxylic acid groups (broad SMARTS) is 1. The van der Waals surface area contributed by atoms with Gasteiger partial charge in [-0.15, -0.1) is 0 Å². The molecule has 0 saturated carbocycles. The van der Waals surface area contributed by atoms with Crippen molar-refractivity contribution in [3.63, 3.8) is 0 Å². The zero-order chi connectivity index (χ0) is 27.2. The standard InChI is InChI=1S/C32H35ClO5/c1-20(2)26-17-27(23-10-12-24(33)13-11-23)31(21(3)4)38-32(26)28-16-25(14-15-29(28)37-19-30(34)35)36-18-22-8-6-5-7-9-22/h5-16,21,26-27,31-32H,1,17-19H2,2-4H3,(H,34,35)/t26-,27+,31+,32+/m1/s1. The summed E-state index contributed by atoms with van der Waals surface area (Å²) in [6.07, 6.45) is 0.392. The summed E-state index contributed by atoms with van der Waals surface area (Å²) in [7, 11) is 0. The molecule has 4 rings (SSSR count). The average molecular weight is 535 g/mol. The molecule has 1 heterocycles. The van der Waals surface area contributed by atoms with Crippen LogP contribution in [-0.2, 0) is 16.1 Å². The topological polar surface area (TPSA) is 65.0 Å². The van der Waals surface area contributed by atoms with Crippen molar-refractivity contribution in [2.75, 3.05) is 6.61 Å². The van der Waals surface area contributed by atoms with Crippen LogP contribution >= 0.6 is 11.6 Å². The number of rotatable bonds is 10. The maximum absolute atomic E-state index is 11.3. The molecule has 0 amide bonds. The van der Waals surface area contributed by atoms with E-state index in [1.165, 1.54) is 5.56 Å². The summed E-state index contributed by atoms with van der Waals surface area (Å²) in [5.74, 6) is 0.488. The van der Waals surface area contributed by atoms with Crippen molar-refractivity contribution in [3.8, 4) is 11.5 Å². The van der Waals surface area contributed by atoms with E-state index in [4.69, 9.17) is 25.8 Å². The van der Waals surface area contributed by atoms with E-state index in [1.807, 2.05) is 55.5 Å². The molecule has 0 radical (unpaired) electrons. The fraction of sp³-hybridized carbons (Fsp3) is 0.344. The van der Waals surface area contributed by atoms with Crippen LogP contribution in [0.2, 0.25) is 5.02 Å². The normalized spacial score (nSPS) is 21.2. The highest BCUT2D eigenvalue weighted by atomic mass is 35.5. The lowest BCUT2D eigenvalue weighted by atomic mass is 9.73. The van der Waals surface area contributed by atoms with Crippen molar-refractivity contribution in [2.45, 2.75) is 51.9 Å². The number of hydrogen-bond donors (Lipinski definition) is 1. The van der Waals surface area contributed by atoms with E-state index < -0.39 is 12.6 Å². The maximum atomic E-state index is 11.3. The average Bonchev–Trinajstić information content (AvgIpc) is 2.91. The number of halogens is 1. The lowest BCUT2D eigenvalue weighted by molar-refractivity contribution is -0.139. The molecule has 1 aliphatic heterocycles. The minimum Gasteiger partial charge on any atom is -0.489 e. The fourth-order valence-electron chi connectivity index (χ4n) is 5.15. The lowest BCUT2D eigenvalue weighted by Crippen LogP contribution is -2.39. The van der Waals surface area contributed by atoms with Crippen LogP contribution in [0.1, 0.15) is 55.9 Å². The van der Waals surface area contributed by atoms with Crippen molar-refractivity contribution in [3.05, 3.63) is 107 Å². The Labute approximate surface area is 230 Å². The van der Waals surface area contributed by atoms with Crippen LogP contribution in [-0.4, -0.2) is 23.8 Å². The second kappa shape index (κ2) is 12.5. The third-order valence-electron chi connectivity index (χ3n) is 7.05. The van der Waals surface area contributed by atoms with Gasteiger partial charge in [-0.3, -0.25) is 0 Å². The molecular weight excluding hydrogens is 500 g/mol. The van der Waals surface area contributed by atoms with Crippen LogP contribution in [0.3, 0.4) is 0 Å². The molecule has 5 nitrogen and oxygen atoms in total. The van der Waals surface area contributed by atoms with E-state index in [0.29, 0.717) is 23.1 Å². The van der Waals surface area contributed by atoms with Crippen molar-refractivity contribution in [2.24, 2.45) is 11.8 Å². The van der Waals surface area contributed by atoms with E-state index in [2.05, 4.69) is 32.6 Å². The summed E-state index contributed by atoms with van der Waals surface area (Å²) in [6.45, 7) is 10.6. The molecule has 1 saturated heterocycles. The predicted molar refractivity (Wildman–Crippen MR) is 150 cm³/mol. The highest BCUT2D eigenvalue weighted by Gasteiger charge is 2.42. The van der Waals surface area contributed by atoms with Crippen molar-refractivity contribution in [1.29, 1.82) is 0 Å². The molecule has 1 aliphatic rings. The maximum Gasteiger partial charge on any atom is 0.341 e. The molecule has 1 N–H and O–H groups in total. The molecule has 0 unspecified atom stereocenters. The van der Waals surface area contributed by atoms with Gasteiger partial charge in [-0.05, 0) is 60.7 Å². The van der Waals surface area contributed by atoms with Crippen molar-refractivity contribution >= 4 is 17.6 Å². The Morgan fingerprint density at radius 2 is 1.79 bits per heavy atom. The first-order valence-electron chi connectivity index (χ1n) is 12.9. The van der Waals surface area contributed by atoms with Gasteiger partial charge in [0.05, 0.1) is 12.2 Å². The Bertz CT molecular complexity index is 1240. The third kappa shape index (κ3) is 6.77. The zero-order valence-electron chi connectivity index (χ0n) is 22.1. The number of benzene rings is 3. The molecule has 200 valence electrons. The molecular formula is C32H35ClO5. The molecule has 3 aromatic carbocycles. The SMILES string of the molecule is C=C(C)[C@H]1C[C@@H](c2ccc(Cl)cc2)[C@H](C(C)C)O[C@@H]1c1cc(OCc2ccccc2)ccc1OCC(=O)O. The first-order valence-corrected chi connectivity index (χ1v) is 13.3. The highest BCUT2D eigenvalue weighted by molar-refractivity contribution is 6.30. The number of hydrogen-bond acceptors (Lipinski definition) is 4. The Morgan fingerprint density at radius 3 is 2.42 bits per heavy atom. The first kappa shape index (κ1) is 27.7.